The molecule has 2 heterocycles. The van der Waals surface area contributed by atoms with Crippen molar-refractivity contribution < 1.29 is 0 Å². The van der Waals surface area contributed by atoms with Crippen LogP contribution in [0.2, 0.25) is 0 Å². The highest BCUT2D eigenvalue weighted by Gasteiger charge is 2.15. The summed E-state index contributed by atoms with van der Waals surface area (Å²) >= 11 is 2.06. The van der Waals surface area contributed by atoms with Gasteiger partial charge in [-0.05, 0) is 31.6 Å². The minimum atomic E-state index is 0.633. The van der Waals surface area contributed by atoms with Gasteiger partial charge < -0.3 is 15.5 Å². The lowest BCUT2D eigenvalue weighted by molar-refractivity contribution is 0.727. The summed E-state index contributed by atoms with van der Waals surface area (Å²) in [5.74, 6) is 3.17. The lowest BCUT2D eigenvalue weighted by Gasteiger charge is -2.16. The number of aliphatic imine (C=N–C) groups is 1. The van der Waals surface area contributed by atoms with Crippen LogP contribution in [0.5, 0.6) is 0 Å². The molecule has 1 fully saturated rings. The van der Waals surface area contributed by atoms with Gasteiger partial charge in [-0.25, -0.2) is 9.98 Å². The summed E-state index contributed by atoms with van der Waals surface area (Å²) in [6.07, 6.45) is 4.47. The van der Waals surface area contributed by atoms with E-state index in [0.29, 0.717) is 6.54 Å². The summed E-state index contributed by atoms with van der Waals surface area (Å²) < 4.78 is 0. The van der Waals surface area contributed by atoms with Crippen LogP contribution in [0.1, 0.15) is 25.3 Å². The Morgan fingerprint density at radius 1 is 1.45 bits per heavy atom. The molecule has 1 atom stereocenters. The molecule has 2 rings (SSSR count). The molecule has 0 spiro atoms. The normalized spacial score (nSPS) is 18.3. The van der Waals surface area contributed by atoms with Crippen molar-refractivity contribution in [1.29, 1.82) is 0 Å². The average Bonchev–Trinajstić information content (AvgIpc) is 3.03. The third kappa shape index (κ3) is 5.09. The first kappa shape index (κ1) is 16.9. The van der Waals surface area contributed by atoms with Gasteiger partial charge in [0.2, 0.25) is 0 Å². The predicted octanol–water partition coefficient (Wildman–Crippen LogP) is 2.10. The lowest BCUT2D eigenvalue weighted by Crippen LogP contribution is -2.40. The number of hydrogen-bond donors (Lipinski definition) is 2. The van der Waals surface area contributed by atoms with Gasteiger partial charge in [0, 0.05) is 44.2 Å². The highest BCUT2D eigenvalue weighted by molar-refractivity contribution is 8.00. The number of pyridine rings is 1. The number of hydrogen-bond acceptors (Lipinski definition) is 4. The molecule has 0 amide bonds. The fourth-order valence-electron chi connectivity index (χ4n) is 2.48. The number of anilines is 1. The van der Waals surface area contributed by atoms with Crippen molar-refractivity contribution in [2.45, 2.75) is 31.6 Å². The fraction of sp³-hybridized carbons (Fsp3) is 0.625. The summed E-state index contributed by atoms with van der Waals surface area (Å²) in [5, 5.41) is 7.51. The van der Waals surface area contributed by atoms with Crippen LogP contribution < -0.4 is 15.5 Å². The number of nitrogens with zero attached hydrogens (tertiary/aromatic N) is 3. The molecular formula is C16H27N5S. The predicted molar refractivity (Wildman–Crippen MR) is 96.9 cm³/mol. The van der Waals surface area contributed by atoms with E-state index in [9.17, 15) is 0 Å². The number of aromatic nitrogens is 1. The molecule has 1 unspecified atom stereocenters. The molecule has 1 aliphatic rings. The maximum absolute atomic E-state index is 4.71. The smallest absolute Gasteiger partial charge is 0.191 e. The molecular weight excluding hydrogens is 294 g/mol. The van der Waals surface area contributed by atoms with Gasteiger partial charge in [0.15, 0.2) is 5.96 Å². The molecule has 6 heteroatoms. The van der Waals surface area contributed by atoms with Gasteiger partial charge in [-0.3, -0.25) is 0 Å². The van der Waals surface area contributed by atoms with Crippen LogP contribution in [-0.4, -0.2) is 49.1 Å². The van der Waals surface area contributed by atoms with E-state index in [1.807, 2.05) is 31.3 Å². The van der Waals surface area contributed by atoms with Crippen LogP contribution in [0.25, 0.3) is 0 Å². The Bertz CT molecular complexity index is 483. The van der Waals surface area contributed by atoms with E-state index in [-0.39, 0.29) is 0 Å². The summed E-state index contributed by atoms with van der Waals surface area (Å²) in [5.41, 5.74) is 1.14. The first-order valence-corrected chi connectivity index (χ1v) is 9.00. The zero-order valence-electron chi connectivity index (χ0n) is 13.8. The van der Waals surface area contributed by atoms with E-state index in [4.69, 9.17) is 4.99 Å². The SMILES string of the molecule is CCNC(=NCc1cccnc1N(C)C)NCC1CCCS1. The van der Waals surface area contributed by atoms with E-state index in [2.05, 4.69) is 40.4 Å². The zero-order valence-corrected chi connectivity index (χ0v) is 14.6. The van der Waals surface area contributed by atoms with Crippen LogP contribution in [-0.2, 0) is 6.54 Å². The molecule has 2 N–H and O–H groups in total. The van der Waals surface area contributed by atoms with Crippen LogP contribution >= 0.6 is 11.8 Å². The first-order chi connectivity index (χ1) is 10.7. The second-order valence-electron chi connectivity index (χ2n) is 5.59. The van der Waals surface area contributed by atoms with Gasteiger partial charge in [-0.15, -0.1) is 0 Å². The van der Waals surface area contributed by atoms with Gasteiger partial charge >= 0.3 is 0 Å². The van der Waals surface area contributed by atoms with Crippen molar-refractivity contribution in [2.24, 2.45) is 4.99 Å². The summed E-state index contributed by atoms with van der Waals surface area (Å²) in [6.45, 7) is 4.59. The molecule has 22 heavy (non-hydrogen) atoms. The lowest BCUT2D eigenvalue weighted by atomic mass is 10.2. The quantitative estimate of drug-likeness (QED) is 0.621. The van der Waals surface area contributed by atoms with Crippen molar-refractivity contribution >= 4 is 23.5 Å². The Balaban J connectivity index is 1.97. The van der Waals surface area contributed by atoms with Gasteiger partial charge in [0.1, 0.15) is 5.82 Å². The largest absolute Gasteiger partial charge is 0.362 e. The molecule has 0 bridgehead atoms. The van der Waals surface area contributed by atoms with Crippen molar-refractivity contribution in [3.05, 3.63) is 23.9 Å². The molecule has 1 aromatic heterocycles. The van der Waals surface area contributed by atoms with E-state index >= 15 is 0 Å². The van der Waals surface area contributed by atoms with Crippen molar-refractivity contribution in [2.75, 3.05) is 37.8 Å². The zero-order chi connectivity index (χ0) is 15.8. The summed E-state index contributed by atoms with van der Waals surface area (Å²) in [6, 6.07) is 4.05. The van der Waals surface area contributed by atoms with Crippen LogP contribution in [0.3, 0.4) is 0 Å². The minimum absolute atomic E-state index is 0.633. The number of thioether (sulfide) groups is 1. The van der Waals surface area contributed by atoms with Crippen molar-refractivity contribution in [3.63, 3.8) is 0 Å². The third-order valence-electron chi connectivity index (χ3n) is 3.56. The van der Waals surface area contributed by atoms with E-state index in [1.165, 1.54) is 18.6 Å². The molecule has 0 aromatic carbocycles. The van der Waals surface area contributed by atoms with E-state index in [1.54, 1.807) is 0 Å². The fourth-order valence-corrected chi connectivity index (χ4v) is 3.68. The summed E-state index contributed by atoms with van der Waals surface area (Å²) in [4.78, 5) is 11.2. The van der Waals surface area contributed by atoms with Crippen molar-refractivity contribution in [3.8, 4) is 0 Å². The molecule has 1 aromatic rings. The number of rotatable bonds is 6. The minimum Gasteiger partial charge on any atom is -0.362 e. The van der Waals surface area contributed by atoms with E-state index < -0.39 is 0 Å². The molecule has 1 saturated heterocycles. The maximum Gasteiger partial charge on any atom is 0.191 e. The topological polar surface area (TPSA) is 52.6 Å². The van der Waals surface area contributed by atoms with E-state index in [0.717, 1.165) is 35.7 Å². The Morgan fingerprint density at radius 2 is 2.32 bits per heavy atom. The highest BCUT2D eigenvalue weighted by Crippen LogP contribution is 2.25. The van der Waals surface area contributed by atoms with Gasteiger partial charge in [-0.2, -0.15) is 11.8 Å². The van der Waals surface area contributed by atoms with Gasteiger partial charge in [-0.1, -0.05) is 6.07 Å². The second-order valence-corrected chi connectivity index (χ2v) is 7.00. The number of nitrogens with one attached hydrogen (secondary N) is 2. The number of guanidine groups is 1. The Morgan fingerprint density at radius 3 is 3.00 bits per heavy atom. The van der Waals surface area contributed by atoms with Crippen LogP contribution in [0.15, 0.2) is 23.3 Å². The molecule has 122 valence electrons. The van der Waals surface area contributed by atoms with Crippen LogP contribution in [0.4, 0.5) is 5.82 Å². The highest BCUT2D eigenvalue weighted by atomic mass is 32.2. The Kier molecular flexibility index (Phi) is 6.83. The molecule has 0 radical (unpaired) electrons. The average molecular weight is 321 g/mol. The summed E-state index contributed by atoms with van der Waals surface area (Å²) in [7, 11) is 4.02. The molecule has 5 nitrogen and oxygen atoms in total. The monoisotopic (exact) mass is 321 g/mol. The van der Waals surface area contributed by atoms with Gasteiger partial charge in [0.05, 0.1) is 6.54 Å². The standard InChI is InChI=1S/C16H27N5S/c1-4-17-16(20-12-14-8-6-10-22-14)19-11-13-7-5-9-18-15(13)21(2)3/h5,7,9,14H,4,6,8,10-12H2,1-3H3,(H2,17,19,20). The maximum atomic E-state index is 4.71. The molecule has 0 saturated carbocycles. The molecule has 0 aliphatic carbocycles. The Labute approximate surface area is 138 Å². The van der Waals surface area contributed by atoms with Crippen LogP contribution in [0, 0.1) is 0 Å². The van der Waals surface area contributed by atoms with Gasteiger partial charge in [0.25, 0.3) is 0 Å². The second kappa shape index (κ2) is 8.88. The molecule has 1 aliphatic heterocycles. The third-order valence-corrected chi connectivity index (χ3v) is 4.96. The first-order valence-electron chi connectivity index (χ1n) is 7.95. The Hall–Kier alpha value is -1.43. The van der Waals surface area contributed by atoms with Crippen molar-refractivity contribution in [1.82, 2.24) is 15.6 Å².